The van der Waals surface area contributed by atoms with E-state index in [0.29, 0.717) is 6.61 Å². The highest BCUT2D eigenvalue weighted by Gasteiger charge is 2.02. The summed E-state index contributed by atoms with van der Waals surface area (Å²) in [5.74, 6) is 0. The predicted molar refractivity (Wildman–Crippen MR) is 84.3 cm³/mol. The molecule has 1 aromatic carbocycles. The summed E-state index contributed by atoms with van der Waals surface area (Å²) in [5.41, 5.74) is 2.51. The molecule has 0 amide bonds. The third-order valence-electron chi connectivity index (χ3n) is 2.85. The van der Waals surface area contributed by atoms with Crippen LogP contribution in [0.4, 0.5) is 0 Å². The molecule has 0 radical (unpaired) electrons. The van der Waals surface area contributed by atoms with Crippen LogP contribution in [-0.4, -0.2) is 38.7 Å². The van der Waals surface area contributed by atoms with Gasteiger partial charge in [0, 0.05) is 17.6 Å². The fourth-order valence-corrected chi connectivity index (χ4v) is 2.29. The highest BCUT2D eigenvalue weighted by Crippen LogP contribution is 2.19. The van der Waals surface area contributed by atoms with Gasteiger partial charge in [-0.25, -0.2) is 0 Å². The first-order valence-corrected chi connectivity index (χ1v) is 7.63. The molecule has 0 saturated heterocycles. The van der Waals surface area contributed by atoms with Crippen molar-refractivity contribution in [2.75, 3.05) is 33.8 Å². The van der Waals surface area contributed by atoms with Crippen molar-refractivity contribution >= 4 is 15.9 Å². The minimum atomic E-state index is 0.676. The summed E-state index contributed by atoms with van der Waals surface area (Å²) in [7, 11) is 4.17. The molecular formula is C15H25BrN2O. The van der Waals surface area contributed by atoms with Gasteiger partial charge >= 0.3 is 0 Å². The highest BCUT2D eigenvalue weighted by atomic mass is 79.9. The van der Waals surface area contributed by atoms with E-state index >= 15 is 0 Å². The van der Waals surface area contributed by atoms with Crippen molar-refractivity contribution in [3.05, 3.63) is 33.8 Å². The van der Waals surface area contributed by atoms with Gasteiger partial charge in [0.05, 0.1) is 6.61 Å². The molecule has 0 unspecified atom stereocenters. The minimum Gasteiger partial charge on any atom is -0.377 e. The summed E-state index contributed by atoms with van der Waals surface area (Å²) >= 11 is 3.62. The van der Waals surface area contributed by atoms with E-state index in [9.17, 15) is 0 Å². The van der Waals surface area contributed by atoms with Crippen LogP contribution in [0, 0.1) is 0 Å². The van der Waals surface area contributed by atoms with Crippen LogP contribution < -0.4 is 5.32 Å². The highest BCUT2D eigenvalue weighted by molar-refractivity contribution is 9.10. The molecule has 0 heterocycles. The second-order valence-corrected chi connectivity index (χ2v) is 5.77. The summed E-state index contributed by atoms with van der Waals surface area (Å²) in [6, 6.07) is 6.47. The fourth-order valence-electron chi connectivity index (χ4n) is 1.75. The van der Waals surface area contributed by atoms with E-state index in [-0.39, 0.29) is 0 Å². The van der Waals surface area contributed by atoms with E-state index in [2.05, 4.69) is 65.4 Å². The van der Waals surface area contributed by atoms with Crippen molar-refractivity contribution in [1.82, 2.24) is 10.2 Å². The molecule has 0 spiro atoms. The average Bonchev–Trinajstić information content (AvgIpc) is 2.37. The van der Waals surface area contributed by atoms with Crippen LogP contribution >= 0.6 is 15.9 Å². The van der Waals surface area contributed by atoms with Gasteiger partial charge in [-0.2, -0.15) is 0 Å². The van der Waals surface area contributed by atoms with E-state index in [0.717, 1.165) is 37.1 Å². The van der Waals surface area contributed by atoms with Crippen LogP contribution in [0.1, 0.15) is 24.5 Å². The molecule has 0 saturated carbocycles. The first-order valence-electron chi connectivity index (χ1n) is 6.84. The third-order valence-corrected chi connectivity index (χ3v) is 3.59. The fraction of sp³-hybridized carbons (Fsp3) is 0.600. The van der Waals surface area contributed by atoms with Crippen molar-refractivity contribution in [2.45, 2.75) is 26.5 Å². The van der Waals surface area contributed by atoms with Gasteiger partial charge in [-0.05, 0) is 50.8 Å². The normalized spacial score (nSPS) is 11.2. The summed E-state index contributed by atoms with van der Waals surface area (Å²) in [4.78, 5) is 2.18. The number of ether oxygens (including phenoxy) is 1. The van der Waals surface area contributed by atoms with Gasteiger partial charge in [-0.15, -0.1) is 0 Å². The van der Waals surface area contributed by atoms with Crippen molar-refractivity contribution in [2.24, 2.45) is 0 Å². The lowest BCUT2D eigenvalue weighted by molar-refractivity contribution is 0.112. The second-order valence-electron chi connectivity index (χ2n) is 4.92. The maximum atomic E-state index is 5.70. The molecule has 4 heteroatoms. The van der Waals surface area contributed by atoms with Crippen LogP contribution in [0.5, 0.6) is 0 Å². The van der Waals surface area contributed by atoms with Crippen molar-refractivity contribution in [3.63, 3.8) is 0 Å². The number of hydrogen-bond donors (Lipinski definition) is 1. The number of benzene rings is 1. The monoisotopic (exact) mass is 328 g/mol. The lowest BCUT2D eigenvalue weighted by atomic mass is 10.1. The topological polar surface area (TPSA) is 24.5 Å². The lowest BCUT2D eigenvalue weighted by Crippen LogP contribution is -2.14. The zero-order valence-electron chi connectivity index (χ0n) is 12.2. The number of nitrogens with one attached hydrogen (secondary N) is 1. The Morgan fingerprint density at radius 1 is 1.32 bits per heavy atom. The predicted octanol–water partition coefficient (Wildman–Crippen LogP) is 3.03. The second kappa shape index (κ2) is 9.48. The molecule has 3 nitrogen and oxygen atoms in total. The van der Waals surface area contributed by atoms with Crippen molar-refractivity contribution in [3.8, 4) is 0 Å². The van der Waals surface area contributed by atoms with Gasteiger partial charge in [-0.1, -0.05) is 35.0 Å². The quantitative estimate of drug-likeness (QED) is 0.705. The van der Waals surface area contributed by atoms with Gasteiger partial charge < -0.3 is 15.0 Å². The van der Waals surface area contributed by atoms with Crippen LogP contribution in [0.2, 0.25) is 0 Å². The number of nitrogens with zero attached hydrogens (tertiary/aromatic N) is 1. The minimum absolute atomic E-state index is 0.676. The number of halogens is 1. The molecule has 1 aromatic rings. The van der Waals surface area contributed by atoms with Crippen molar-refractivity contribution in [1.29, 1.82) is 0 Å². The van der Waals surface area contributed by atoms with Gasteiger partial charge in [0.15, 0.2) is 0 Å². The molecule has 0 fully saturated rings. The molecule has 0 bridgehead atoms. The Morgan fingerprint density at radius 2 is 2.11 bits per heavy atom. The molecule has 0 aliphatic rings. The number of rotatable bonds is 9. The summed E-state index contributed by atoms with van der Waals surface area (Å²) < 4.78 is 6.83. The van der Waals surface area contributed by atoms with Crippen LogP contribution in [-0.2, 0) is 17.9 Å². The lowest BCUT2D eigenvalue weighted by Gasteiger charge is -2.11. The zero-order chi connectivity index (χ0) is 14.1. The largest absolute Gasteiger partial charge is 0.377 e. The summed E-state index contributed by atoms with van der Waals surface area (Å²) in [6.45, 7) is 6.58. The Balaban J connectivity index is 2.33. The van der Waals surface area contributed by atoms with Crippen LogP contribution in [0.15, 0.2) is 22.7 Å². The zero-order valence-corrected chi connectivity index (χ0v) is 13.8. The molecule has 1 rings (SSSR count). The molecule has 0 atom stereocenters. The van der Waals surface area contributed by atoms with Gasteiger partial charge in [0.1, 0.15) is 0 Å². The maximum Gasteiger partial charge on any atom is 0.0727 e. The molecule has 1 N–H and O–H groups in total. The van der Waals surface area contributed by atoms with E-state index in [1.165, 1.54) is 11.1 Å². The molecule has 19 heavy (non-hydrogen) atoms. The molecule has 0 aliphatic carbocycles. The summed E-state index contributed by atoms with van der Waals surface area (Å²) in [6.07, 6.45) is 1.07. The Labute approximate surface area is 125 Å². The molecular weight excluding hydrogens is 304 g/mol. The Kier molecular flexibility index (Phi) is 8.30. The Hall–Kier alpha value is -0.420. The smallest absolute Gasteiger partial charge is 0.0727 e. The van der Waals surface area contributed by atoms with E-state index in [4.69, 9.17) is 4.74 Å². The SMILES string of the molecule is CCNCc1ccc(COCCCN(C)C)c(Br)c1. The average molecular weight is 329 g/mol. The Bertz CT molecular complexity index is 369. The standard InChI is InChI=1S/C15H25BrN2O/c1-4-17-11-13-6-7-14(15(16)10-13)12-19-9-5-8-18(2)3/h6-7,10,17H,4-5,8-9,11-12H2,1-3H3. The van der Waals surface area contributed by atoms with Crippen LogP contribution in [0.25, 0.3) is 0 Å². The van der Waals surface area contributed by atoms with Crippen molar-refractivity contribution < 1.29 is 4.74 Å². The van der Waals surface area contributed by atoms with Gasteiger partial charge in [0.2, 0.25) is 0 Å². The Morgan fingerprint density at radius 3 is 2.74 bits per heavy atom. The first kappa shape index (κ1) is 16.6. The maximum absolute atomic E-state index is 5.70. The molecule has 0 aromatic heterocycles. The van der Waals surface area contributed by atoms with Gasteiger partial charge in [-0.3, -0.25) is 0 Å². The van der Waals surface area contributed by atoms with Crippen LogP contribution in [0.3, 0.4) is 0 Å². The molecule has 0 aliphatic heterocycles. The third kappa shape index (κ3) is 7.06. The first-order chi connectivity index (χ1) is 9.13. The summed E-state index contributed by atoms with van der Waals surface area (Å²) in [5, 5.41) is 3.32. The van der Waals surface area contributed by atoms with E-state index in [1.807, 2.05) is 0 Å². The van der Waals surface area contributed by atoms with E-state index in [1.54, 1.807) is 0 Å². The van der Waals surface area contributed by atoms with Gasteiger partial charge in [0.25, 0.3) is 0 Å². The molecule has 108 valence electrons. The number of hydrogen-bond acceptors (Lipinski definition) is 3. The van der Waals surface area contributed by atoms with E-state index < -0.39 is 0 Å².